The van der Waals surface area contributed by atoms with E-state index in [9.17, 15) is 24.6 Å². The third kappa shape index (κ3) is 7.79. The zero-order valence-electron chi connectivity index (χ0n) is 26.8. The third-order valence-corrected chi connectivity index (χ3v) is 10.8. The number of nitrogens with one attached hydrogen (secondary N) is 1. The second kappa shape index (κ2) is 15.4. The van der Waals surface area contributed by atoms with Crippen LogP contribution in [0.25, 0.3) is 10.4 Å². The van der Waals surface area contributed by atoms with Crippen LogP contribution in [-0.4, -0.2) is 81.5 Å². The van der Waals surface area contributed by atoms with Crippen LogP contribution in [0.3, 0.4) is 0 Å². The molecule has 3 N–H and O–H groups in total. The summed E-state index contributed by atoms with van der Waals surface area (Å²) in [5, 5.41) is 22.3. The number of hydrogen-bond acceptors (Lipinski definition) is 9. The van der Waals surface area contributed by atoms with Crippen molar-refractivity contribution in [3.63, 3.8) is 0 Å². The maximum atomic E-state index is 14.4. The molecule has 1 aromatic carbocycles. The minimum Gasteiger partial charge on any atom is -0.394 e. The number of carbonyl (C=O) groups excluding carboxylic acids is 2. The van der Waals surface area contributed by atoms with Crippen molar-refractivity contribution in [2.45, 2.75) is 76.3 Å². The number of hydrogen-bond donors (Lipinski definition) is 3. The van der Waals surface area contributed by atoms with E-state index in [2.05, 4.69) is 29.2 Å². The highest BCUT2D eigenvalue weighted by Crippen LogP contribution is 2.41. The highest BCUT2D eigenvalue weighted by Gasteiger charge is 2.38. The van der Waals surface area contributed by atoms with Crippen molar-refractivity contribution in [2.24, 2.45) is 11.8 Å². The van der Waals surface area contributed by atoms with Crippen LogP contribution in [0.5, 0.6) is 0 Å². The van der Waals surface area contributed by atoms with Crippen molar-refractivity contribution < 1.29 is 24.5 Å². The topological polar surface area (TPSA) is 137 Å². The minimum atomic E-state index is -0.899. The lowest BCUT2D eigenvalue weighted by Gasteiger charge is -2.40. The highest BCUT2D eigenvalue weighted by atomic mass is 35.5. The Kier molecular flexibility index (Phi) is 11.5. The largest absolute Gasteiger partial charge is 0.394 e. The lowest BCUT2D eigenvalue weighted by Crippen LogP contribution is -2.49. The maximum absolute atomic E-state index is 14.4. The predicted molar refractivity (Wildman–Crippen MR) is 184 cm³/mol. The fourth-order valence-electron chi connectivity index (χ4n) is 6.84. The Bertz CT molecular complexity index is 1590. The number of nitrogens with zero attached hydrogens (tertiary/aromatic N) is 4. The highest BCUT2D eigenvalue weighted by molar-refractivity contribution is 7.18. The van der Waals surface area contributed by atoms with Crippen molar-refractivity contribution in [3.8, 4) is 10.4 Å². The number of aromatic nitrogens is 2. The average molecular weight is 686 g/mol. The first-order chi connectivity index (χ1) is 22.2. The number of amides is 2. The molecular formula is C34H44ClN5O6S. The molecule has 2 aliphatic heterocycles. The van der Waals surface area contributed by atoms with Crippen LogP contribution in [0, 0.1) is 11.8 Å². The van der Waals surface area contributed by atoms with Gasteiger partial charge < -0.3 is 30.1 Å². The Morgan fingerprint density at radius 1 is 1.09 bits per heavy atom. The van der Waals surface area contributed by atoms with Crippen molar-refractivity contribution >= 4 is 47.1 Å². The molecule has 3 aliphatic rings. The first-order valence-corrected chi connectivity index (χ1v) is 17.1. The number of carbonyl (C=O) groups is 2. The molecule has 1 aliphatic carbocycles. The van der Waals surface area contributed by atoms with E-state index in [4.69, 9.17) is 4.74 Å². The number of ether oxygens (including phenoxy) is 1. The van der Waals surface area contributed by atoms with Gasteiger partial charge in [0.1, 0.15) is 23.0 Å². The molecule has 3 fully saturated rings. The summed E-state index contributed by atoms with van der Waals surface area (Å²) in [5.74, 6) is 0.249. The molecule has 2 saturated heterocycles. The second-order valence-corrected chi connectivity index (χ2v) is 14.0. The summed E-state index contributed by atoms with van der Waals surface area (Å²) in [6.07, 6.45) is 4.53. The molecule has 2 aromatic heterocycles. The van der Waals surface area contributed by atoms with Crippen molar-refractivity contribution in [1.29, 1.82) is 0 Å². The van der Waals surface area contributed by atoms with Crippen LogP contribution >= 0.6 is 23.7 Å². The molecule has 2 amide bonds. The molecule has 0 bridgehead atoms. The molecule has 0 spiro atoms. The summed E-state index contributed by atoms with van der Waals surface area (Å²) in [6.45, 7) is 3.62. The molecule has 3 aromatic rings. The summed E-state index contributed by atoms with van der Waals surface area (Å²) in [7, 11) is 2.09. The fourth-order valence-corrected chi connectivity index (χ4v) is 7.89. The fraction of sp³-hybridized carbons (Fsp3) is 0.529. The number of aliphatic hydroxyl groups excluding tert-OH is 2. The molecule has 1 saturated carbocycles. The maximum Gasteiger partial charge on any atom is 0.351 e. The number of thiophene rings is 1. The van der Waals surface area contributed by atoms with E-state index < -0.39 is 30.0 Å². The lowest BCUT2D eigenvalue weighted by molar-refractivity contribution is -0.124. The summed E-state index contributed by atoms with van der Waals surface area (Å²) in [4.78, 5) is 51.0. The van der Waals surface area contributed by atoms with Crippen molar-refractivity contribution in [1.82, 2.24) is 14.5 Å². The summed E-state index contributed by atoms with van der Waals surface area (Å²) >= 11 is 1.33. The lowest BCUT2D eigenvalue weighted by atomic mass is 9.82. The minimum absolute atomic E-state index is 0. The number of anilines is 2. The number of piperidine rings is 1. The van der Waals surface area contributed by atoms with Crippen LogP contribution in [0.1, 0.15) is 67.8 Å². The number of aliphatic hydroxyl groups is 2. The van der Waals surface area contributed by atoms with Gasteiger partial charge in [0.05, 0.1) is 18.4 Å². The zero-order valence-corrected chi connectivity index (χ0v) is 28.4. The van der Waals surface area contributed by atoms with E-state index in [1.807, 2.05) is 41.3 Å². The smallest absolute Gasteiger partial charge is 0.351 e. The number of likely N-dealkylation sites (tertiary alicyclic amines) is 1. The van der Waals surface area contributed by atoms with Gasteiger partial charge in [-0.3, -0.25) is 14.2 Å². The Labute approximate surface area is 285 Å². The number of rotatable bonds is 8. The SMILES string of the molecule is CC1CCC(C(=O)N(c2cc(-c3ccccc3)sc2C(=O)Nc2ccn(C3CC(O)C(CO)O3)c(=O)n2)C2CCN(C)CC2)CC1.Cl. The Morgan fingerprint density at radius 2 is 1.79 bits per heavy atom. The standard InChI is InChI=1S/C34H43N5O6S.ClH/c1-21-8-10-23(11-9-21)33(43)39(24-12-15-37(2)16-13-24)25-18-28(22-6-4-3-5-7-22)46-31(25)32(42)35-29-14-17-38(34(44)36-29)30-19-26(41)27(20-40)45-30;/h3-7,14,17-18,21,23-24,26-27,30,40-41H,8-13,15-16,19-20H2,1-2H3,(H,35,36,42,44);1H. The van der Waals surface area contributed by atoms with Gasteiger partial charge >= 0.3 is 5.69 Å². The van der Waals surface area contributed by atoms with E-state index >= 15 is 0 Å². The molecular weight excluding hydrogens is 642 g/mol. The molecule has 3 unspecified atom stereocenters. The number of benzene rings is 1. The van der Waals surface area contributed by atoms with Crippen molar-refractivity contribution in [2.75, 3.05) is 37.0 Å². The van der Waals surface area contributed by atoms with Gasteiger partial charge in [0, 0.05) is 29.5 Å². The molecule has 11 nitrogen and oxygen atoms in total. The van der Waals surface area contributed by atoms with Crippen LogP contribution in [0.15, 0.2) is 53.5 Å². The van der Waals surface area contributed by atoms with E-state index in [1.54, 1.807) is 0 Å². The zero-order chi connectivity index (χ0) is 32.4. The Morgan fingerprint density at radius 3 is 2.43 bits per heavy atom. The average Bonchev–Trinajstić information content (AvgIpc) is 3.66. The summed E-state index contributed by atoms with van der Waals surface area (Å²) in [6, 6.07) is 13.3. The summed E-state index contributed by atoms with van der Waals surface area (Å²) in [5.41, 5.74) is 0.909. The quantitative estimate of drug-likeness (QED) is 0.315. The van der Waals surface area contributed by atoms with Crippen LogP contribution in [0.2, 0.25) is 0 Å². The van der Waals surface area contributed by atoms with E-state index in [1.165, 1.54) is 28.2 Å². The predicted octanol–water partition coefficient (Wildman–Crippen LogP) is 4.54. The van der Waals surface area contributed by atoms with Crippen LogP contribution in [0.4, 0.5) is 11.5 Å². The Hall–Kier alpha value is -3.13. The van der Waals surface area contributed by atoms with Gasteiger partial charge in [0.25, 0.3) is 5.91 Å². The molecule has 4 heterocycles. The van der Waals surface area contributed by atoms with E-state index in [0.29, 0.717) is 16.5 Å². The molecule has 0 radical (unpaired) electrons. The normalized spacial score (nSPS) is 25.2. The molecule has 254 valence electrons. The van der Waals surface area contributed by atoms with Gasteiger partial charge in [0.15, 0.2) is 0 Å². The van der Waals surface area contributed by atoms with E-state index in [0.717, 1.165) is 62.1 Å². The second-order valence-electron chi connectivity index (χ2n) is 13.0. The van der Waals surface area contributed by atoms with Gasteiger partial charge in [0.2, 0.25) is 5.91 Å². The van der Waals surface area contributed by atoms with Crippen molar-refractivity contribution in [3.05, 3.63) is 64.0 Å². The van der Waals surface area contributed by atoms with Gasteiger partial charge in [-0.2, -0.15) is 4.98 Å². The molecule has 47 heavy (non-hydrogen) atoms. The van der Waals surface area contributed by atoms with Gasteiger partial charge in [-0.25, -0.2) is 4.79 Å². The monoisotopic (exact) mass is 685 g/mol. The number of halogens is 1. The molecule has 13 heteroatoms. The van der Waals surface area contributed by atoms with Gasteiger partial charge in [-0.05, 0) is 82.3 Å². The first kappa shape index (κ1) is 35.2. The van der Waals surface area contributed by atoms with Crippen LogP contribution < -0.4 is 15.9 Å². The molecule has 3 atom stereocenters. The Balaban J connectivity index is 0.00000433. The first-order valence-electron chi connectivity index (χ1n) is 16.3. The van der Waals surface area contributed by atoms with Gasteiger partial charge in [-0.1, -0.05) is 37.3 Å². The van der Waals surface area contributed by atoms with Crippen LogP contribution in [-0.2, 0) is 9.53 Å². The third-order valence-electron chi connectivity index (χ3n) is 9.66. The molecule has 6 rings (SSSR count). The van der Waals surface area contributed by atoms with Gasteiger partial charge in [-0.15, -0.1) is 23.7 Å². The van der Waals surface area contributed by atoms with E-state index in [-0.39, 0.29) is 49.1 Å². The summed E-state index contributed by atoms with van der Waals surface area (Å²) < 4.78 is 6.85.